The summed E-state index contributed by atoms with van der Waals surface area (Å²) in [5.41, 5.74) is -0.0415. The molecule has 1 saturated heterocycles. The van der Waals surface area contributed by atoms with E-state index >= 15 is 0 Å². The van der Waals surface area contributed by atoms with Gasteiger partial charge >= 0.3 is 6.03 Å². The Morgan fingerprint density at radius 3 is 2.54 bits per heavy atom. The number of benzene rings is 1. The van der Waals surface area contributed by atoms with Crippen LogP contribution in [-0.2, 0) is 9.59 Å². The van der Waals surface area contributed by atoms with Gasteiger partial charge in [0.2, 0.25) is 5.91 Å². The van der Waals surface area contributed by atoms with Crippen LogP contribution in [0.1, 0.15) is 45.2 Å². The van der Waals surface area contributed by atoms with Gasteiger partial charge in [-0.15, -0.1) is 0 Å². The summed E-state index contributed by atoms with van der Waals surface area (Å²) >= 11 is 5.95. The highest BCUT2D eigenvalue weighted by atomic mass is 35.5. The lowest BCUT2D eigenvalue weighted by Gasteiger charge is -2.23. The number of halogens is 1. The van der Waals surface area contributed by atoms with Gasteiger partial charge in [-0.25, -0.2) is 4.79 Å². The third kappa shape index (κ3) is 3.53. The number of hydrogen-bond acceptors (Lipinski definition) is 3. The Kier molecular flexibility index (Phi) is 5.49. The van der Waals surface area contributed by atoms with Crippen LogP contribution in [0.25, 0.3) is 0 Å². The van der Waals surface area contributed by atoms with Gasteiger partial charge in [0.05, 0.1) is 6.04 Å². The van der Waals surface area contributed by atoms with E-state index in [0.717, 1.165) is 10.5 Å². The highest BCUT2D eigenvalue weighted by Gasteiger charge is 2.49. The molecule has 0 spiro atoms. The summed E-state index contributed by atoms with van der Waals surface area (Å²) in [6.07, 6.45) is 0.982. The summed E-state index contributed by atoms with van der Waals surface area (Å²) in [6, 6.07) is 6.37. The van der Waals surface area contributed by atoms with Crippen molar-refractivity contribution in [2.24, 2.45) is 0 Å². The molecule has 4 amide bonds. The van der Waals surface area contributed by atoms with Gasteiger partial charge in [0, 0.05) is 5.02 Å². The summed E-state index contributed by atoms with van der Waals surface area (Å²) in [6.45, 7) is 5.20. The van der Waals surface area contributed by atoms with Gasteiger partial charge in [-0.2, -0.15) is 0 Å². The number of imide groups is 1. The molecule has 1 aliphatic rings. The Labute approximate surface area is 146 Å². The van der Waals surface area contributed by atoms with Crippen molar-refractivity contribution in [1.29, 1.82) is 0 Å². The second kappa shape index (κ2) is 7.21. The number of nitrogens with zero attached hydrogens (tertiary/aromatic N) is 1. The van der Waals surface area contributed by atoms with E-state index in [1.807, 2.05) is 26.8 Å². The highest BCUT2D eigenvalue weighted by molar-refractivity contribution is 6.30. The second-order valence-corrected chi connectivity index (χ2v) is 6.39. The van der Waals surface area contributed by atoms with Crippen LogP contribution in [0.3, 0.4) is 0 Å². The molecule has 1 aromatic rings. The molecule has 6 nitrogen and oxygen atoms in total. The van der Waals surface area contributed by atoms with E-state index in [1.54, 1.807) is 18.2 Å². The second-order valence-electron chi connectivity index (χ2n) is 5.95. The lowest BCUT2D eigenvalue weighted by atomic mass is 9.93. The number of hydrogen-bond donors (Lipinski definition) is 2. The molecule has 1 aliphatic heterocycles. The molecule has 1 heterocycles. The molecule has 7 heteroatoms. The van der Waals surface area contributed by atoms with Gasteiger partial charge in [-0.1, -0.05) is 37.6 Å². The van der Waals surface area contributed by atoms with E-state index in [1.165, 1.54) is 0 Å². The average molecular weight is 352 g/mol. The fourth-order valence-electron chi connectivity index (χ4n) is 2.84. The predicted octanol–water partition coefficient (Wildman–Crippen LogP) is 2.63. The molecule has 1 aromatic carbocycles. The minimum Gasteiger partial charge on any atom is -0.348 e. The average Bonchev–Trinajstić information content (AvgIpc) is 2.79. The Hall–Kier alpha value is -2.08. The quantitative estimate of drug-likeness (QED) is 0.773. The molecule has 0 aromatic heterocycles. The van der Waals surface area contributed by atoms with Gasteiger partial charge in [-0.05, 0) is 37.5 Å². The van der Waals surface area contributed by atoms with Crippen molar-refractivity contribution < 1.29 is 14.4 Å². The number of rotatable bonds is 6. The number of nitrogens with one attached hydrogen (secondary N) is 2. The first kappa shape index (κ1) is 18.3. The highest BCUT2D eigenvalue weighted by Crippen LogP contribution is 2.24. The number of urea groups is 1. The third-order valence-electron chi connectivity index (χ3n) is 4.48. The fourth-order valence-corrected chi connectivity index (χ4v) is 3.04. The maximum Gasteiger partial charge on any atom is 0.325 e. The van der Waals surface area contributed by atoms with Crippen LogP contribution in [0, 0.1) is 0 Å². The van der Waals surface area contributed by atoms with Gasteiger partial charge in [-0.3, -0.25) is 14.5 Å². The maximum absolute atomic E-state index is 12.5. The standard InChI is InChI=1S/C17H22ClN3O3/c1-4-17(5-2)15(23)21(16(24)20-17)10-14(22)19-11(3)12-7-6-8-13(18)9-12/h6-9,11H,4-5,10H2,1-3H3,(H,19,22)(H,20,24)/t11-/m0/s1. The van der Waals surface area contributed by atoms with Gasteiger partial charge < -0.3 is 10.6 Å². The lowest BCUT2D eigenvalue weighted by molar-refractivity contribution is -0.135. The number of carbonyl (C=O) groups excluding carboxylic acids is 3. The fraction of sp³-hybridized carbons (Fsp3) is 0.471. The lowest BCUT2D eigenvalue weighted by Crippen LogP contribution is -2.46. The van der Waals surface area contributed by atoms with E-state index in [4.69, 9.17) is 11.6 Å². The van der Waals surface area contributed by atoms with Crippen LogP contribution in [0.5, 0.6) is 0 Å². The molecule has 2 rings (SSSR count). The van der Waals surface area contributed by atoms with E-state index < -0.39 is 17.5 Å². The molecule has 1 atom stereocenters. The molecular weight excluding hydrogens is 330 g/mol. The van der Waals surface area contributed by atoms with Crippen molar-refractivity contribution in [1.82, 2.24) is 15.5 Å². The largest absolute Gasteiger partial charge is 0.348 e. The molecule has 0 bridgehead atoms. The van der Waals surface area contributed by atoms with Crippen molar-refractivity contribution in [3.63, 3.8) is 0 Å². The van der Waals surface area contributed by atoms with Crippen LogP contribution in [0.2, 0.25) is 5.02 Å². The zero-order valence-electron chi connectivity index (χ0n) is 14.1. The Morgan fingerprint density at radius 2 is 2.00 bits per heavy atom. The van der Waals surface area contributed by atoms with E-state index in [9.17, 15) is 14.4 Å². The van der Waals surface area contributed by atoms with E-state index in [0.29, 0.717) is 17.9 Å². The topological polar surface area (TPSA) is 78.5 Å². The van der Waals surface area contributed by atoms with Crippen molar-refractivity contribution in [2.75, 3.05) is 6.54 Å². The minimum atomic E-state index is -0.893. The molecule has 0 saturated carbocycles. The van der Waals surface area contributed by atoms with Crippen molar-refractivity contribution in [2.45, 2.75) is 45.2 Å². The molecule has 0 unspecified atom stereocenters. The molecular formula is C17H22ClN3O3. The molecule has 0 aliphatic carbocycles. The van der Waals surface area contributed by atoms with Gasteiger partial charge in [0.15, 0.2) is 0 Å². The minimum absolute atomic E-state index is 0.279. The summed E-state index contributed by atoms with van der Waals surface area (Å²) in [5, 5.41) is 6.07. The smallest absolute Gasteiger partial charge is 0.325 e. The van der Waals surface area contributed by atoms with Crippen molar-refractivity contribution in [3.05, 3.63) is 34.9 Å². The predicted molar refractivity (Wildman–Crippen MR) is 91.6 cm³/mol. The first-order valence-electron chi connectivity index (χ1n) is 8.02. The zero-order valence-corrected chi connectivity index (χ0v) is 14.8. The third-order valence-corrected chi connectivity index (χ3v) is 4.72. The zero-order chi connectivity index (χ0) is 17.9. The van der Waals surface area contributed by atoms with Crippen molar-refractivity contribution >= 4 is 29.4 Å². The normalized spacial score (nSPS) is 17.6. The molecule has 0 radical (unpaired) electrons. The van der Waals surface area contributed by atoms with E-state index in [-0.39, 0.29) is 18.5 Å². The molecule has 24 heavy (non-hydrogen) atoms. The van der Waals surface area contributed by atoms with Crippen LogP contribution < -0.4 is 10.6 Å². The maximum atomic E-state index is 12.5. The Balaban J connectivity index is 2.02. The van der Waals surface area contributed by atoms with Crippen LogP contribution in [0.15, 0.2) is 24.3 Å². The van der Waals surface area contributed by atoms with Crippen molar-refractivity contribution in [3.8, 4) is 0 Å². The monoisotopic (exact) mass is 351 g/mol. The Bertz CT molecular complexity index is 658. The molecule has 2 N–H and O–H groups in total. The first-order valence-corrected chi connectivity index (χ1v) is 8.39. The van der Waals surface area contributed by atoms with Gasteiger partial charge in [0.1, 0.15) is 12.1 Å². The van der Waals surface area contributed by atoms with Crippen LogP contribution in [-0.4, -0.2) is 34.8 Å². The number of carbonyl (C=O) groups is 3. The molecule has 130 valence electrons. The molecule has 1 fully saturated rings. The summed E-state index contributed by atoms with van der Waals surface area (Å²) < 4.78 is 0. The number of amides is 4. The van der Waals surface area contributed by atoms with Crippen LogP contribution in [0.4, 0.5) is 4.79 Å². The first-order chi connectivity index (χ1) is 11.3. The summed E-state index contributed by atoms with van der Waals surface area (Å²) in [4.78, 5) is 37.7. The van der Waals surface area contributed by atoms with Gasteiger partial charge in [0.25, 0.3) is 5.91 Å². The summed E-state index contributed by atoms with van der Waals surface area (Å²) in [5.74, 6) is -0.739. The Morgan fingerprint density at radius 1 is 1.33 bits per heavy atom. The SMILES string of the molecule is CCC1(CC)NC(=O)N(CC(=O)N[C@@H](C)c2cccc(Cl)c2)C1=O. The summed E-state index contributed by atoms with van der Waals surface area (Å²) in [7, 11) is 0. The van der Waals surface area contributed by atoms with E-state index in [2.05, 4.69) is 10.6 Å². The van der Waals surface area contributed by atoms with Crippen LogP contribution >= 0.6 is 11.6 Å².